The molecule has 0 fully saturated rings. The molecule has 1 heterocycles. The Morgan fingerprint density at radius 3 is 2.30 bits per heavy atom. The van der Waals surface area contributed by atoms with Gasteiger partial charge in [0.05, 0.1) is 17.0 Å². The highest BCUT2D eigenvalue weighted by Gasteiger charge is 2.21. The second-order valence-corrected chi connectivity index (χ2v) is 9.64. The number of hydrogen-bond donors (Lipinski definition) is 2. The highest BCUT2D eigenvalue weighted by molar-refractivity contribution is 6.22. The summed E-state index contributed by atoms with van der Waals surface area (Å²) in [5, 5.41) is 11.9. The zero-order chi connectivity index (χ0) is 26.4. The molecule has 1 amide bonds. The number of aromatic nitrogens is 1. The van der Waals surface area contributed by atoms with Crippen molar-refractivity contribution < 1.29 is 9.90 Å². The number of carbonyl (C=O) groups is 1. The van der Waals surface area contributed by atoms with Crippen LogP contribution in [-0.2, 0) is 6.54 Å². The second-order valence-electron chi connectivity index (χ2n) is 9.64. The van der Waals surface area contributed by atoms with Crippen LogP contribution in [0.1, 0.15) is 53.7 Å². The lowest BCUT2D eigenvalue weighted by Crippen LogP contribution is -2.32. The highest BCUT2D eigenvalue weighted by Crippen LogP contribution is 2.32. The van der Waals surface area contributed by atoms with Gasteiger partial charge in [-0.05, 0) is 62.8 Å². The van der Waals surface area contributed by atoms with Crippen molar-refractivity contribution in [1.29, 1.82) is 0 Å². The van der Waals surface area contributed by atoms with Crippen LogP contribution in [0.25, 0.3) is 10.9 Å². The molecule has 3 aromatic carbocycles. The van der Waals surface area contributed by atoms with Gasteiger partial charge in [0.15, 0.2) is 5.88 Å². The molecule has 6 heteroatoms. The van der Waals surface area contributed by atoms with Crippen molar-refractivity contribution >= 4 is 28.2 Å². The molecule has 0 saturated heterocycles. The van der Waals surface area contributed by atoms with E-state index in [-0.39, 0.29) is 11.8 Å². The summed E-state index contributed by atoms with van der Waals surface area (Å²) in [5.74, 6) is 0.0393. The van der Waals surface area contributed by atoms with E-state index in [4.69, 9.17) is 4.99 Å². The number of aromatic hydroxyl groups is 1. The average Bonchev–Trinajstić information content (AvgIpc) is 3.21. The summed E-state index contributed by atoms with van der Waals surface area (Å²) in [5.41, 5.74) is 5.44. The van der Waals surface area contributed by atoms with Gasteiger partial charge in [0.1, 0.15) is 0 Å². The van der Waals surface area contributed by atoms with E-state index in [0.29, 0.717) is 16.8 Å². The number of benzene rings is 3. The van der Waals surface area contributed by atoms with E-state index < -0.39 is 0 Å². The van der Waals surface area contributed by atoms with Gasteiger partial charge >= 0.3 is 0 Å². The third-order valence-corrected chi connectivity index (χ3v) is 6.23. The smallest absolute Gasteiger partial charge is 0.253 e. The minimum Gasteiger partial charge on any atom is -0.494 e. The summed E-state index contributed by atoms with van der Waals surface area (Å²) in [6.45, 7) is 6.40. The third kappa shape index (κ3) is 6.09. The molecule has 4 rings (SSSR count). The number of hydrogen-bond acceptors (Lipinski definition) is 4. The second kappa shape index (κ2) is 11.9. The van der Waals surface area contributed by atoms with E-state index >= 15 is 0 Å². The van der Waals surface area contributed by atoms with Crippen molar-refractivity contribution in [2.45, 2.75) is 33.2 Å². The molecule has 37 heavy (non-hydrogen) atoms. The SMILES string of the molecule is CCCN(CCC)C(=O)c1ccc2[nH]c(O)c(C(=Nc3cccc(CN(C)C)c3)c3ccccc3)c2c1. The van der Waals surface area contributed by atoms with E-state index in [0.717, 1.165) is 60.2 Å². The van der Waals surface area contributed by atoms with Crippen LogP contribution in [-0.4, -0.2) is 58.7 Å². The summed E-state index contributed by atoms with van der Waals surface area (Å²) in [6, 6.07) is 23.5. The summed E-state index contributed by atoms with van der Waals surface area (Å²) >= 11 is 0. The van der Waals surface area contributed by atoms with Gasteiger partial charge in [-0.3, -0.25) is 4.79 Å². The zero-order valence-electron chi connectivity index (χ0n) is 22.2. The molecule has 0 radical (unpaired) electrons. The predicted octanol–water partition coefficient (Wildman–Crippen LogP) is 6.37. The summed E-state index contributed by atoms with van der Waals surface area (Å²) in [4.78, 5) is 25.5. The standard InChI is InChI=1S/C31H36N4O2/c1-5-17-35(18-6-2)31(37)24-15-16-27-26(20-24)28(30(36)33-27)29(23-12-8-7-9-13-23)32-25-14-10-11-22(19-25)21-34(3)4/h7-16,19-20,33,36H,5-6,17-18,21H2,1-4H3. The Morgan fingerprint density at radius 2 is 1.62 bits per heavy atom. The van der Waals surface area contributed by atoms with Crippen molar-refractivity contribution in [2.75, 3.05) is 27.2 Å². The van der Waals surface area contributed by atoms with Crippen molar-refractivity contribution in [3.8, 4) is 5.88 Å². The van der Waals surface area contributed by atoms with E-state index in [1.807, 2.05) is 79.7 Å². The number of nitrogens with zero attached hydrogens (tertiary/aromatic N) is 3. The molecule has 0 bridgehead atoms. The zero-order valence-corrected chi connectivity index (χ0v) is 22.2. The average molecular weight is 497 g/mol. The van der Waals surface area contributed by atoms with E-state index in [2.05, 4.69) is 35.9 Å². The maximum absolute atomic E-state index is 13.4. The third-order valence-electron chi connectivity index (χ3n) is 6.23. The monoisotopic (exact) mass is 496 g/mol. The number of rotatable bonds is 10. The van der Waals surface area contributed by atoms with E-state index in [1.54, 1.807) is 0 Å². The highest BCUT2D eigenvalue weighted by atomic mass is 16.3. The van der Waals surface area contributed by atoms with Gasteiger partial charge in [0.25, 0.3) is 5.91 Å². The first kappa shape index (κ1) is 26.2. The molecule has 0 atom stereocenters. The Morgan fingerprint density at radius 1 is 0.892 bits per heavy atom. The van der Waals surface area contributed by atoms with Crippen LogP contribution in [0, 0.1) is 0 Å². The van der Waals surface area contributed by atoms with Crippen molar-refractivity contribution in [3.63, 3.8) is 0 Å². The maximum atomic E-state index is 13.4. The Kier molecular flexibility index (Phi) is 8.41. The van der Waals surface area contributed by atoms with Crippen LogP contribution in [0.2, 0.25) is 0 Å². The van der Waals surface area contributed by atoms with Crippen LogP contribution in [0.3, 0.4) is 0 Å². The number of carbonyl (C=O) groups excluding carboxylic acids is 1. The normalized spacial score (nSPS) is 11.9. The molecule has 0 saturated carbocycles. The fourth-order valence-corrected chi connectivity index (χ4v) is 4.67. The molecule has 2 N–H and O–H groups in total. The number of aliphatic imine (C=N–C) groups is 1. The minimum atomic E-state index is 0.00632. The minimum absolute atomic E-state index is 0.00632. The fraction of sp³-hybridized carbons (Fsp3) is 0.290. The molecule has 4 aromatic rings. The van der Waals surface area contributed by atoms with Crippen molar-refractivity contribution in [2.24, 2.45) is 4.99 Å². The largest absolute Gasteiger partial charge is 0.494 e. The van der Waals surface area contributed by atoms with Gasteiger partial charge in [0, 0.05) is 41.7 Å². The lowest BCUT2D eigenvalue weighted by molar-refractivity contribution is 0.0755. The fourth-order valence-electron chi connectivity index (χ4n) is 4.67. The number of amides is 1. The lowest BCUT2D eigenvalue weighted by Gasteiger charge is -2.21. The molecule has 0 aliphatic heterocycles. The first-order chi connectivity index (χ1) is 17.9. The van der Waals surface area contributed by atoms with Crippen molar-refractivity contribution in [1.82, 2.24) is 14.8 Å². The lowest BCUT2D eigenvalue weighted by atomic mass is 9.99. The van der Waals surface area contributed by atoms with Crippen molar-refractivity contribution in [3.05, 3.63) is 95.1 Å². The molecule has 0 aliphatic rings. The van der Waals surface area contributed by atoms with Gasteiger partial charge in [-0.1, -0.05) is 56.3 Å². The van der Waals surface area contributed by atoms with Crippen LogP contribution in [0.15, 0.2) is 77.8 Å². The van der Waals surface area contributed by atoms with Crippen LogP contribution >= 0.6 is 0 Å². The quantitative estimate of drug-likeness (QED) is 0.251. The molecular formula is C31H36N4O2. The summed E-state index contributed by atoms with van der Waals surface area (Å²) in [7, 11) is 4.08. The number of aromatic amines is 1. The first-order valence-electron chi connectivity index (χ1n) is 12.9. The Bertz CT molecular complexity index is 1380. The van der Waals surface area contributed by atoms with Gasteiger partial charge in [-0.15, -0.1) is 0 Å². The van der Waals surface area contributed by atoms with E-state index in [9.17, 15) is 9.90 Å². The van der Waals surface area contributed by atoms with Gasteiger partial charge in [-0.25, -0.2) is 4.99 Å². The molecule has 1 aromatic heterocycles. The van der Waals surface area contributed by atoms with Gasteiger partial charge < -0.3 is 19.9 Å². The Hall–Kier alpha value is -3.90. The summed E-state index contributed by atoms with van der Waals surface area (Å²) in [6.07, 6.45) is 1.81. The predicted molar refractivity (Wildman–Crippen MR) is 152 cm³/mol. The van der Waals surface area contributed by atoms with Gasteiger partial charge in [0.2, 0.25) is 0 Å². The van der Waals surface area contributed by atoms with Gasteiger partial charge in [-0.2, -0.15) is 0 Å². The van der Waals surface area contributed by atoms with Crippen LogP contribution in [0.5, 0.6) is 5.88 Å². The molecule has 0 aliphatic carbocycles. The number of H-pyrrole nitrogens is 1. The molecule has 0 spiro atoms. The van der Waals surface area contributed by atoms with Crippen LogP contribution < -0.4 is 0 Å². The number of nitrogens with one attached hydrogen (secondary N) is 1. The molecule has 6 nitrogen and oxygen atoms in total. The van der Waals surface area contributed by atoms with Crippen LogP contribution in [0.4, 0.5) is 5.69 Å². The molecule has 192 valence electrons. The Balaban J connectivity index is 1.87. The molecular weight excluding hydrogens is 460 g/mol. The number of fused-ring (bicyclic) bond motifs is 1. The summed E-state index contributed by atoms with van der Waals surface area (Å²) < 4.78 is 0. The Labute approximate surface area is 219 Å². The molecule has 0 unspecified atom stereocenters. The maximum Gasteiger partial charge on any atom is 0.253 e. The van der Waals surface area contributed by atoms with E-state index in [1.165, 1.54) is 0 Å². The first-order valence-corrected chi connectivity index (χ1v) is 12.9. The topological polar surface area (TPSA) is 71.9 Å².